The monoisotopic (exact) mass is 262 g/mol. The fourth-order valence-corrected chi connectivity index (χ4v) is 1.60. The first kappa shape index (κ1) is 12.3. The number of halogens is 1. The van der Waals surface area contributed by atoms with Gasteiger partial charge in [-0.2, -0.15) is 0 Å². The predicted molar refractivity (Wildman–Crippen MR) is 70.6 cm³/mol. The lowest BCUT2D eigenvalue weighted by atomic mass is 10.2. The highest BCUT2D eigenvalue weighted by Crippen LogP contribution is 2.18. The van der Waals surface area contributed by atoms with Gasteiger partial charge in [-0.15, -0.1) is 0 Å². The fourth-order valence-electron chi connectivity index (χ4n) is 1.41. The number of aryl methyl sites for hydroxylation is 1. The summed E-state index contributed by atoms with van der Waals surface area (Å²) in [5, 5.41) is 2.77. The van der Waals surface area contributed by atoms with Crippen LogP contribution in [0.3, 0.4) is 0 Å². The highest BCUT2D eigenvalue weighted by Gasteiger charge is 2.13. The van der Waals surface area contributed by atoms with Crippen LogP contribution < -0.4 is 11.1 Å². The molecule has 3 N–H and O–H groups in total. The lowest BCUT2D eigenvalue weighted by Crippen LogP contribution is -2.15. The van der Waals surface area contributed by atoms with E-state index in [1.165, 1.54) is 12.3 Å². The number of carbonyl (C=O) groups excluding carboxylic acids is 1. The molecule has 5 nitrogen and oxygen atoms in total. The zero-order valence-corrected chi connectivity index (χ0v) is 10.4. The number of nitrogens with zero attached hydrogens (tertiary/aromatic N) is 2. The molecule has 2 aromatic heterocycles. The molecule has 0 bridgehead atoms. The number of rotatable bonds is 2. The van der Waals surface area contributed by atoms with Gasteiger partial charge in [0.25, 0.3) is 5.91 Å². The van der Waals surface area contributed by atoms with Gasteiger partial charge < -0.3 is 11.1 Å². The summed E-state index contributed by atoms with van der Waals surface area (Å²) in [6.45, 7) is 1.85. The Balaban J connectivity index is 2.28. The lowest BCUT2D eigenvalue weighted by molar-refractivity contribution is 0.102. The SMILES string of the molecule is Cc1cccnc1NC(=O)c1cc(N)cnc1Cl. The van der Waals surface area contributed by atoms with Gasteiger partial charge in [-0.1, -0.05) is 17.7 Å². The number of nitrogens with two attached hydrogens (primary N) is 1. The van der Waals surface area contributed by atoms with Gasteiger partial charge in [0.05, 0.1) is 17.4 Å². The molecule has 2 heterocycles. The molecule has 0 aliphatic heterocycles. The van der Waals surface area contributed by atoms with Gasteiger partial charge >= 0.3 is 0 Å². The number of hydrogen-bond acceptors (Lipinski definition) is 4. The van der Waals surface area contributed by atoms with Gasteiger partial charge in [0.1, 0.15) is 11.0 Å². The fraction of sp³-hybridized carbons (Fsp3) is 0.0833. The molecule has 1 amide bonds. The van der Waals surface area contributed by atoms with Crippen molar-refractivity contribution in [1.82, 2.24) is 9.97 Å². The van der Waals surface area contributed by atoms with Crippen molar-refractivity contribution < 1.29 is 4.79 Å². The summed E-state index contributed by atoms with van der Waals surface area (Å²) in [4.78, 5) is 19.9. The molecular formula is C12H11ClN4O. The number of nitrogen functional groups attached to an aromatic ring is 1. The standard InChI is InChI=1S/C12H11ClN4O/c1-7-3-2-4-15-11(7)17-12(18)9-5-8(14)6-16-10(9)13/h2-6H,14H2,1H3,(H,15,17,18). The van der Waals surface area contributed by atoms with Gasteiger partial charge in [-0.25, -0.2) is 9.97 Å². The third kappa shape index (κ3) is 2.57. The van der Waals surface area contributed by atoms with Gasteiger partial charge in [0.15, 0.2) is 0 Å². The van der Waals surface area contributed by atoms with E-state index < -0.39 is 0 Å². The molecule has 0 saturated carbocycles. The third-order valence-corrected chi connectivity index (χ3v) is 2.65. The molecule has 92 valence electrons. The summed E-state index contributed by atoms with van der Waals surface area (Å²) in [6, 6.07) is 5.12. The second kappa shape index (κ2) is 5.01. The summed E-state index contributed by atoms with van der Waals surface area (Å²) < 4.78 is 0. The Kier molecular flexibility index (Phi) is 3.43. The average Bonchev–Trinajstić information content (AvgIpc) is 2.35. The van der Waals surface area contributed by atoms with E-state index in [-0.39, 0.29) is 16.6 Å². The van der Waals surface area contributed by atoms with E-state index in [0.717, 1.165) is 5.56 Å². The van der Waals surface area contributed by atoms with Crippen molar-refractivity contribution in [3.63, 3.8) is 0 Å². The second-order valence-electron chi connectivity index (χ2n) is 3.73. The largest absolute Gasteiger partial charge is 0.397 e. The quantitative estimate of drug-likeness (QED) is 0.814. The molecule has 0 spiro atoms. The summed E-state index contributed by atoms with van der Waals surface area (Å²) in [7, 11) is 0. The Hall–Kier alpha value is -2.14. The van der Waals surface area contributed by atoms with Crippen LogP contribution >= 0.6 is 11.6 Å². The third-order valence-electron chi connectivity index (χ3n) is 2.35. The van der Waals surface area contributed by atoms with Crippen molar-refractivity contribution in [3.05, 3.63) is 46.9 Å². The van der Waals surface area contributed by atoms with E-state index in [1.54, 1.807) is 12.3 Å². The average molecular weight is 263 g/mol. The maximum Gasteiger partial charge on any atom is 0.260 e. The number of hydrogen-bond donors (Lipinski definition) is 2. The molecule has 0 fully saturated rings. The van der Waals surface area contributed by atoms with E-state index in [2.05, 4.69) is 15.3 Å². The number of nitrogens with one attached hydrogen (secondary N) is 1. The van der Waals surface area contributed by atoms with Crippen LogP contribution in [0.4, 0.5) is 11.5 Å². The van der Waals surface area contributed by atoms with E-state index in [1.807, 2.05) is 13.0 Å². The smallest absolute Gasteiger partial charge is 0.260 e. The number of anilines is 2. The number of carbonyl (C=O) groups is 1. The summed E-state index contributed by atoms with van der Waals surface area (Å²) in [6.07, 6.45) is 2.99. The normalized spacial score (nSPS) is 10.1. The molecule has 0 radical (unpaired) electrons. The van der Waals surface area contributed by atoms with Gasteiger partial charge in [0, 0.05) is 6.20 Å². The Morgan fingerprint density at radius 2 is 2.22 bits per heavy atom. The van der Waals surface area contributed by atoms with Crippen LogP contribution in [0.5, 0.6) is 0 Å². The molecule has 0 aromatic carbocycles. The van der Waals surface area contributed by atoms with Crippen molar-refractivity contribution in [2.24, 2.45) is 0 Å². The van der Waals surface area contributed by atoms with E-state index >= 15 is 0 Å². The predicted octanol–water partition coefficient (Wildman–Crippen LogP) is 2.27. The van der Waals surface area contributed by atoms with Crippen molar-refractivity contribution in [2.45, 2.75) is 6.92 Å². The van der Waals surface area contributed by atoms with Crippen LogP contribution in [-0.4, -0.2) is 15.9 Å². The first-order chi connectivity index (χ1) is 8.58. The molecule has 0 saturated heterocycles. The molecule has 6 heteroatoms. The minimum atomic E-state index is -0.387. The topological polar surface area (TPSA) is 80.9 Å². The molecule has 2 rings (SSSR count). The molecular weight excluding hydrogens is 252 g/mol. The van der Waals surface area contributed by atoms with Crippen LogP contribution in [0, 0.1) is 6.92 Å². The highest BCUT2D eigenvalue weighted by molar-refractivity contribution is 6.33. The minimum absolute atomic E-state index is 0.107. The van der Waals surface area contributed by atoms with Crippen molar-refractivity contribution in [2.75, 3.05) is 11.1 Å². The van der Waals surface area contributed by atoms with E-state index in [9.17, 15) is 4.79 Å². The number of aromatic nitrogens is 2. The zero-order valence-electron chi connectivity index (χ0n) is 9.64. The van der Waals surface area contributed by atoms with Crippen LogP contribution in [0.1, 0.15) is 15.9 Å². The van der Waals surface area contributed by atoms with Gasteiger partial charge in [-0.3, -0.25) is 4.79 Å². The van der Waals surface area contributed by atoms with E-state index in [4.69, 9.17) is 17.3 Å². The van der Waals surface area contributed by atoms with E-state index in [0.29, 0.717) is 11.5 Å². The zero-order chi connectivity index (χ0) is 13.1. The van der Waals surface area contributed by atoms with Crippen molar-refractivity contribution >= 4 is 29.0 Å². The molecule has 0 aliphatic carbocycles. The first-order valence-electron chi connectivity index (χ1n) is 5.22. The van der Waals surface area contributed by atoms with Crippen molar-refractivity contribution in [3.8, 4) is 0 Å². The Morgan fingerprint density at radius 1 is 1.44 bits per heavy atom. The van der Waals surface area contributed by atoms with Crippen LogP contribution in [0.25, 0.3) is 0 Å². The summed E-state index contributed by atoms with van der Waals surface area (Å²) in [5.41, 5.74) is 7.03. The van der Waals surface area contributed by atoms with Crippen LogP contribution in [-0.2, 0) is 0 Å². The molecule has 0 aliphatic rings. The van der Waals surface area contributed by atoms with Crippen LogP contribution in [0.15, 0.2) is 30.6 Å². The Labute approximate surface area is 109 Å². The molecule has 0 unspecified atom stereocenters. The summed E-state index contributed by atoms with van der Waals surface area (Å²) >= 11 is 5.85. The lowest BCUT2D eigenvalue weighted by Gasteiger charge is -2.08. The molecule has 2 aromatic rings. The maximum atomic E-state index is 12.0. The first-order valence-corrected chi connectivity index (χ1v) is 5.59. The Bertz CT molecular complexity index is 600. The van der Waals surface area contributed by atoms with Gasteiger partial charge in [-0.05, 0) is 24.6 Å². The molecule has 0 atom stereocenters. The number of pyridine rings is 2. The maximum absolute atomic E-state index is 12.0. The molecule has 18 heavy (non-hydrogen) atoms. The van der Waals surface area contributed by atoms with Crippen LogP contribution in [0.2, 0.25) is 5.15 Å². The Morgan fingerprint density at radius 3 is 2.94 bits per heavy atom. The van der Waals surface area contributed by atoms with Crippen molar-refractivity contribution in [1.29, 1.82) is 0 Å². The second-order valence-corrected chi connectivity index (χ2v) is 4.09. The highest BCUT2D eigenvalue weighted by atomic mass is 35.5. The summed E-state index contributed by atoms with van der Waals surface area (Å²) in [5.74, 6) is 0.0996. The minimum Gasteiger partial charge on any atom is -0.397 e. The number of amides is 1. The van der Waals surface area contributed by atoms with Gasteiger partial charge in [0.2, 0.25) is 0 Å².